The van der Waals surface area contributed by atoms with Crippen LogP contribution in [-0.4, -0.2) is 70.6 Å². The fourth-order valence-electron chi connectivity index (χ4n) is 3.14. The van der Waals surface area contributed by atoms with Crippen LogP contribution in [0.3, 0.4) is 0 Å². The van der Waals surface area contributed by atoms with E-state index in [4.69, 9.17) is 5.11 Å². The van der Waals surface area contributed by atoms with E-state index in [1.54, 1.807) is 4.90 Å². The van der Waals surface area contributed by atoms with Gasteiger partial charge in [-0.1, -0.05) is 0 Å². The Kier molecular flexibility index (Phi) is 5.17. The van der Waals surface area contributed by atoms with Gasteiger partial charge in [-0.3, -0.25) is 19.3 Å². The second kappa shape index (κ2) is 6.89. The first-order valence-electron chi connectivity index (χ1n) is 7.45. The van der Waals surface area contributed by atoms with Gasteiger partial charge in [0.25, 0.3) is 0 Å². The molecule has 0 bridgehead atoms. The summed E-state index contributed by atoms with van der Waals surface area (Å²) >= 11 is 0. The summed E-state index contributed by atoms with van der Waals surface area (Å²) in [5, 5.41) is 18.2. The van der Waals surface area contributed by atoms with Crippen LogP contribution >= 0.6 is 0 Å². The molecule has 0 aromatic carbocycles. The van der Waals surface area contributed by atoms with Crippen LogP contribution in [0.25, 0.3) is 0 Å². The number of aliphatic carboxylic acids is 2. The van der Waals surface area contributed by atoms with Gasteiger partial charge in [-0.25, -0.2) is 0 Å². The molecule has 2 rings (SSSR count). The van der Waals surface area contributed by atoms with Gasteiger partial charge in [-0.15, -0.1) is 0 Å². The van der Waals surface area contributed by atoms with Crippen molar-refractivity contribution in [3.8, 4) is 0 Å². The summed E-state index contributed by atoms with van der Waals surface area (Å²) in [4.78, 5) is 38.1. The zero-order chi connectivity index (χ0) is 15.4. The Balaban J connectivity index is 1.91. The van der Waals surface area contributed by atoms with E-state index in [9.17, 15) is 19.5 Å². The van der Waals surface area contributed by atoms with Crippen LogP contribution in [-0.2, 0) is 14.4 Å². The maximum atomic E-state index is 12.2. The average molecular weight is 298 g/mol. The minimum absolute atomic E-state index is 0.0209. The molecule has 0 aliphatic carbocycles. The van der Waals surface area contributed by atoms with Crippen LogP contribution < -0.4 is 0 Å². The van der Waals surface area contributed by atoms with Crippen LogP contribution in [0.15, 0.2) is 0 Å². The topological polar surface area (TPSA) is 98.2 Å². The first kappa shape index (κ1) is 15.8. The van der Waals surface area contributed by atoms with E-state index in [1.807, 2.05) is 4.90 Å². The summed E-state index contributed by atoms with van der Waals surface area (Å²) in [6, 6.07) is 0. The van der Waals surface area contributed by atoms with Crippen molar-refractivity contribution in [3.63, 3.8) is 0 Å². The number of hydrogen-bond acceptors (Lipinski definition) is 4. The molecule has 7 nitrogen and oxygen atoms in total. The van der Waals surface area contributed by atoms with Crippen LogP contribution in [0.1, 0.15) is 25.7 Å². The number of carboxylic acid groups (broad SMARTS) is 2. The first-order valence-corrected chi connectivity index (χ1v) is 7.45. The SMILES string of the molecule is O=C(O)C1CCN(CC(=O)N2CCCCC2)CC1C(=O)O. The van der Waals surface area contributed by atoms with Gasteiger partial charge >= 0.3 is 11.9 Å². The highest BCUT2D eigenvalue weighted by atomic mass is 16.4. The fraction of sp³-hybridized carbons (Fsp3) is 0.786. The predicted octanol–water partition coefficient (Wildman–Crippen LogP) is 0.106. The third kappa shape index (κ3) is 3.93. The monoisotopic (exact) mass is 298 g/mol. The summed E-state index contributed by atoms with van der Waals surface area (Å²) in [5.41, 5.74) is 0. The Bertz CT molecular complexity index is 420. The molecule has 0 radical (unpaired) electrons. The van der Waals surface area contributed by atoms with E-state index in [0.29, 0.717) is 6.54 Å². The Morgan fingerprint density at radius 2 is 1.52 bits per heavy atom. The van der Waals surface area contributed by atoms with Crippen molar-refractivity contribution in [1.29, 1.82) is 0 Å². The molecule has 2 aliphatic heterocycles. The van der Waals surface area contributed by atoms with Gasteiger partial charge in [0.15, 0.2) is 0 Å². The number of carbonyl (C=O) groups is 3. The number of likely N-dealkylation sites (tertiary alicyclic amines) is 2. The quantitative estimate of drug-likeness (QED) is 0.764. The Hall–Kier alpha value is -1.63. The van der Waals surface area contributed by atoms with Crippen molar-refractivity contribution in [1.82, 2.24) is 9.80 Å². The zero-order valence-electron chi connectivity index (χ0n) is 12.0. The highest BCUT2D eigenvalue weighted by molar-refractivity contribution is 5.81. The van der Waals surface area contributed by atoms with Gasteiger partial charge in [-0.05, 0) is 32.2 Å². The second-order valence-electron chi connectivity index (χ2n) is 5.85. The molecule has 118 valence electrons. The summed E-state index contributed by atoms with van der Waals surface area (Å²) in [6.45, 7) is 2.32. The lowest BCUT2D eigenvalue weighted by atomic mass is 9.85. The third-order valence-electron chi connectivity index (χ3n) is 4.40. The molecule has 0 spiro atoms. The molecule has 21 heavy (non-hydrogen) atoms. The van der Waals surface area contributed by atoms with Crippen molar-refractivity contribution >= 4 is 17.8 Å². The van der Waals surface area contributed by atoms with E-state index < -0.39 is 23.8 Å². The molecule has 1 amide bonds. The number of hydrogen-bond donors (Lipinski definition) is 2. The van der Waals surface area contributed by atoms with Crippen LogP contribution in [0.2, 0.25) is 0 Å². The van der Waals surface area contributed by atoms with Crippen molar-refractivity contribution in [3.05, 3.63) is 0 Å². The van der Waals surface area contributed by atoms with Gasteiger partial charge in [0.2, 0.25) is 5.91 Å². The Morgan fingerprint density at radius 1 is 0.905 bits per heavy atom. The number of piperidine rings is 2. The maximum absolute atomic E-state index is 12.2. The number of carbonyl (C=O) groups excluding carboxylic acids is 1. The van der Waals surface area contributed by atoms with Gasteiger partial charge in [0.05, 0.1) is 18.4 Å². The minimum atomic E-state index is -1.10. The molecule has 0 saturated carbocycles. The van der Waals surface area contributed by atoms with E-state index in [2.05, 4.69) is 0 Å². The molecule has 0 aromatic heterocycles. The molecule has 7 heteroatoms. The molecule has 2 aliphatic rings. The van der Waals surface area contributed by atoms with E-state index in [1.165, 1.54) is 0 Å². The molecule has 2 heterocycles. The summed E-state index contributed by atoms with van der Waals surface area (Å²) in [5.74, 6) is -3.94. The zero-order valence-corrected chi connectivity index (χ0v) is 12.0. The summed E-state index contributed by atoms with van der Waals surface area (Å²) in [7, 11) is 0. The number of carboxylic acids is 2. The Labute approximate surface area is 123 Å². The molecule has 0 aromatic rings. The van der Waals surface area contributed by atoms with Crippen LogP contribution in [0.4, 0.5) is 0 Å². The van der Waals surface area contributed by atoms with Crippen LogP contribution in [0.5, 0.6) is 0 Å². The normalized spacial score (nSPS) is 27.3. The van der Waals surface area contributed by atoms with Gasteiger partial charge in [-0.2, -0.15) is 0 Å². The van der Waals surface area contributed by atoms with Crippen molar-refractivity contribution in [2.75, 3.05) is 32.7 Å². The van der Waals surface area contributed by atoms with Crippen molar-refractivity contribution in [2.24, 2.45) is 11.8 Å². The maximum Gasteiger partial charge on any atom is 0.308 e. The lowest BCUT2D eigenvalue weighted by molar-refractivity contribution is -0.157. The average Bonchev–Trinajstić information content (AvgIpc) is 2.47. The lowest BCUT2D eigenvalue weighted by Crippen LogP contribution is -2.50. The third-order valence-corrected chi connectivity index (χ3v) is 4.40. The molecular weight excluding hydrogens is 276 g/mol. The molecular formula is C14H22N2O5. The van der Waals surface area contributed by atoms with Crippen molar-refractivity contribution < 1.29 is 24.6 Å². The van der Waals surface area contributed by atoms with E-state index >= 15 is 0 Å². The van der Waals surface area contributed by atoms with Gasteiger partial charge < -0.3 is 15.1 Å². The predicted molar refractivity (Wildman–Crippen MR) is 73.7 cm³/mol. The second-order valence-corrected chi connectivity index (χ2v) is 5.85. The standard InChI is InChI=1S/C14H22N2O5/c17-12(16-5-2-1-3-6-16)9-15-7-4-10(13(18)19)11(8-15)14(20)21/h10-11H,1-9H2,(H,18,19)(H,20,21). The first-order chi connectivity index (χ1) is 9.99. The minimum Gasteiger partial charge on any atom is -0.481 e. The molecule has 2 saturated heterocycles. The highest BCUT2D eigenvalue weighted by Crippen LogP contribution is 2.24. The van der Waals surface area contributed by atoms with Crippen LogP contribution in [0, 0.1) is 11.8 Å². The Morgan fingerprint density at radius 3 is 2.10 bits per heavy atom. The number of rotatable bonds is 4. The van der Waals surface area contributed by atoms with E-state index in [0.717, 1.165) is 32.4 Å². The van der Waals surface area contributed by atoms with Gasteiger partial charge in [0, 0.05) is 19.6 Å². The number of nitrogens with zero attached hydrogens (tertiary/aromatic N) is 2. The summed E-state index contributed by atoms with van der Waals surface area (Å²) in [6.07, 6.45) is 3.46. The summed E-state index contributed by atoms with van der Waals surface area (Å²) < 4.78 is 0. The smallest absolute Gasteiger partial charge is 0.308 e. The fourth-order valence-corrected chi connectivity index (χ4v) is 3.14. The largest absolute Gasteiger partial charge is 0.481 e. The molecule has 2 N–H and O–H groups in total. The molecule has 2 unspecified atom stereocenters. The highest BCUT2D eigenvalue weighted by Gasteiger charge is 2.39. The molecule has 2 fully saturated rings. The number of amides is 1. The molecule has 2 atom stereocenters. The van der Waals surface area contributed by atoms with E-state index in [-0.39, 0.29) is 25.4 Å². The van der Waals surface area contributed by atoms with Crippen molar-refractivity contribution in [2.45, 2.75) is 25.7 Å². The van der Waals surface area contributed by atoms with Gasteiger partial charge in [0.1, 0.15) is 0 Å². The lowest BCUT2D eigenvalue weighted by Gasteiger charge is -2.36.